The van der Waals surface area contributed by atoms with Gasteiger partial charge in [-0.05, 0) is 18.3 Å². The second kappa shape index (κ2) is 8.89. The first-order valence-corrected chi connectivity index (χ1v) is 7.59. The molecular formula is C15H32N2O. The number of hydrogen-bond acceptors (Lipinski definition) is 3. The Bertz CT molecular complexity index is 195. The molecule has 0 aliphatic carbocycles. The topological polar surface area (TPSA) is 24.5 Å². The number of piperazine rings is 1. The average molecular weight is 256 g/mol. The number of nitrogens with zero attached hydrogens (tertiary/aromatic N) is 1. The Balaban J connectivity index is 1.81. The van der Waals surface area contributed by atoms with Gasteiger partial charge >= 0.3 is 0 Å². The van der Waals surface area contributed by atoms with E-state index in [1.54, 1.807) is 0 Å². The molecule has 0 radical (unpaired) electrons. The van der Waals surface area contributed by atoms with Crippen molar-refractivity contribution in [3.8, 4) is 0 Å². The first-order valence-electron chi connectivity index (χ1n) is 7.59. The highest BCUT2D eigenvalue weighted by Crippen LogP contribution is 2.21. The van der Waals surface area contributed by atoms with Gasteiger partial charge in [0.15, 0.2) is 0 Å². The first kappa shape index (κ1) is 15.9. The summed E-state index contributed by atoms with van der Waals surface area (Å²) >= 11 is 0. The number of hydrogen-bond donors (Lipinski definition) is 1. The van der Waals surface area contributed by atoms with E-state index in [9.17, 15) is 0 Å². The fourth-order valence-corrected chi connectivity index (χ4v) is 2.27. The predicted molar refractivity (Wildman–Crippen MR) is 78.1 cm³/mol. The van der Waals surface area contributed by atoms with Gasteiger partial charge in [0.2, 0.25) is 0 Å². The third-order valence-corrected chi connectivity index (χ3v) is 3.48. The molecule has 1 fully saturated rings. The number of rotatable bonds is 8. The van der Waals surface area contributed by atoms with E-state index in [4.69, 9.17) is 4.74 Å². The molecule has 18 heavy (non-hydrogen) atoms. The van der Waals surface area contributed by atoms with Crippen molar-refractivity contribution in [2.75, 3.05) is 45.9 Å². The molecule has 0 amide bonds. The summed E-state index contributed by atoms with van der Waals surface area (Å²) in [5, 5.41) is 3.37. The van der Waals surface area contributed by atoms with E-state index in [0.29, 0.717) is 5.41 Å². The molecular weight excluding hydrogens is 224 g/mol. The summed E-state index contributed by atoms with van der Waals surface area (Å²) in [6, 6.07) is 0. The fraction of sp³-hybridized carbons (Fsp3) is 1.00. The summed E-state index contributed by atoms with van der Waals surface area (Å²) < 4.78 is 5.71. The highest BCUT2D eigenvalue weighted by atomic mass is 16.5. The van der Waals surface area contributed by atoms with Gasteiger partial charge in [-0.25, -0.2) is 0 Å². The van der Waals surface area contributed by atoms with Crippen LogP contribution in [0.1, 0.15) is 46.5 Å². The zero-order chi connectivity index (χ0) is 13.3. The normalized spacial score (nSPS) is 18.2. The number of nitrogens with one attached hydrogen (secondary N) is 1. The average Bonchev–Trinajstić information content (AvgIpc) is 2.32. The minimum absolute atomic E-state index is 0.489. The van der Waals surface area contributed by atoms with E-state index < -0.39 is 0 Å². The summed E-state index contributed by atoms with van der Waals surface area (Å²) in [4.78, 5) is 2.48. The van der Waals surface area contributed by atoms with Gasteiger partial charge in [-0.15, -0.1) is 0 Å². The van der Waals surface area contributed by atoms with Gasteiger partial charge in [0, 0.05) is 39.3 Å². The molecule has 0 bridgehead atoms. The van der Waals surface area contributed by atoms with Crippen molar-refractivity contribution in [3.05, 3.63) is 0 Å². The van der Waals surface area contributed by atoms with Crippen molar-refractivity contribution in [1.82, 2.24) is 10.2 Å². The van der Waals surface area contributed by atoms with Gasteiger partial charge in [0.25, 0.3) is 0 Å². The molecule has 3 nitrogen and oxygen atoms in total. The number of ether oxygens (including phenoxy) is 1. The molecule has 0 aromatic carbocycles. The van der Waals surface area contributed by atoms with Crippen LogP contribution in [0.25, 0.3) is 0 Å². The van der Waals surface area contributed by atoms with Crippen LogP contribution in [0.5, 0.6) is 0 Å². The Morgan fingerprint density at radius 2 is 1.72 bits per heavy atom. The van der Waals surface area contributed by atoms with E-state index in [-0.39, 0.29) is 0 Å². The van der Waals surface area contributed by atoms with Crippen LogP contribution < -0.4 is 5.32 Å². The lowest BCUT2D eigenvalue weighted by Gasteiger charge is -2.26. The minimum Gasteiger partial charge on any atom is -0.380 e. The molecule has 0 unspecified atom stereocenters. The second-order valence-electron chi connectivity index (χ2n) is 6.58. The third-order valence-electron chi connectivity index (χ3n) is 3.48. The Hall–Kier alpha value is -0.120. The highest BCUT2D eigenvalue weighted by molar-refractivity contribution is 4.66. The summed E-state index contributed by atoms with van der Waals surface area (Å²) in [6.45, 7) is 14.5. The van der Waals surface area contributed by atoms with Crippen LogP contribution in [0.15, 0.2) is 0 Å². The Labute approximate surface area is 113 Å². The molecule has 1 heterocycles. The van der Waals surface area contributed by atoms with Gasteiger partial charge in [-0.3, -0.25) is 4.90 Å². The van der Waals surface area contributed by atoms with Crippen molar-refractivity contribution < 1.29 is 4.74 Å². The molecule has 0 saturated carbocycles. The van der Waals surface area contributed by atoms with Crippen LogP contribution >= 0.6 is 0 Å². The molecule has 108 valence electrons. The summed E-state index contributed by atoms with van der Waals surface area (Å²) in [6.07, 6.45) is 5.20. The van der Waals surface area contributed by atoms with Gasteiger partial charge < -0.3 is 10.1 Å². The lowest BCUT2D eigenvalue weighted by Crippen LogP contribution is -2.44. The Kier molecular flexibility index (Phi) is 7.87. The van der Waals surface area contributed by atoms with Crippen molar-refractivity contribution in [2.24, 2.45) is 5.41 Å². The molecule has 0 aromatic rings. The second-order valence-corrected chi connectivity index (χ2v) is 6.58. The molecule has 1 saturated heterocycles. The van der Waals surface area contributed by atoms with Crippen LogP contribution in [0.4, 0.5) is 0 Å². The quantitative estimate of drug-likeness (QED) is 0.675. The highest BCUT2D eigenvalue weighted by Gasteiger charge is 2.09. The van der Waals surface area contributed by atoms with Gasteiger partial charge in [0.1, 0.15) is 0 Å². The monoisotopic (exact) mass is 256 g/mol. The minimum atomic E-state index is 0.489. The van der Waals surface area contributed by atoms with Gasteiger partial charge in [-0.2, -0.15) is 0 Å². The van der Waals surface area contributed by atoms with Gasteiger partial charge in [-0.1, -0.05) is 33.6 Å². The maximum Gasteiger partial charge on any atom is 0.0593 e. The van der Waals surface area contributed by atoms with Crippen LogP contribution in [0.2, 0.25) is 0 Å². The largest absolute Gasteiger partial charge is 0.380 e. The molecule has 1 N–H and O–H groups in total. The number of unbranched alkanes of at least 4 members (excludes halogenated alkanes) is 2. The molecule has 1 rings (SSSR count). The van der Waals surface area contributed by atoms with Crippen molar-refractivity contribution in [2.45, 2.75) is 46.5 Å². The SMILES string of the molecule is CC(C)(C)CCCCCOCCN1CCNCC1. The summed E-state index contributed by atoms with van der Waals surface area (Å²) in [7, 11) is 0. The van der Waals surface area contributed by atoms with E-state index in [2.05, 4.69) is 31.0 Å². The zero-order valence-corrected chi connectivity index (χ0v) is 12.6. The molecule has 0 atom stereocenters. The predicted octanol–water partition coefficient (Wildman–Crippen LogP) is 2.51. The Morgan fingerprint density at radius 3 is 2.39 bits per heavy atom. The van der Waals surface area contributed by atoms with E-state index in [1.807, 2.05) is 0 Å². The fourth-order valence-electron chi connectivity index (χ4n) is 2.27. The van der Waals surface area contributed by atoms with Crippen molar-refractivity contribution in [1.29, 1.82) is 0 Å². The van der Waals surface area contributed by atoms with Crippen molar-refractivity contribution >= 4 is 0 Å². The summed E-state index contributed by atoms with van der Waals surface area (Å²) in [5.41, 5.74) is 0.489. The third kappa shape index (κ3) is 8.90. The van der Waals surface area contributed by atoms with Crippen LogP contribution in [0.3, 0.4) is 0 Å². The lowest BCUT2D eigenvalue weighted by molar-refractivity contribution is 0.0958. The van der Waals surface area contributed by atoms with Crippen LogP contribution in [-0.4, -0.2) is 50.8 Å². The molecule has 0 aromatic heterocycles. The smallest absolute Gasteiger partial charge is 0.0593 e. The zero-order valence-electron chi connectivity index (χ0n) is 12.6. The summed E-state index contributed by atoms with van der Waals surface area (Å²) in [5.74, 6) is 0. The van der Waals surface area contributed by atoms with E-state index in [1.165, 1.54) is 38.8 Å². The standard InChI is InChI=1S/C15H32N2O/c1-15(2,3)7-5-4-6-13-18-14-12-17-10-8-16-9-11-17/h16H,4-14H2,1-3H3. The lowest BCUT2D eigenvalue weighted by atomic mass is 9.89. The molecule has 3 heteroatoms. The maximum atomic E-state index is 5.71. The molecule has 0 spiro atoms. The van der Waals surface area contributed by atoms with E-state index in [0.717, 1.165) is 32.8 Å². The maximum absolute atomic E-state index is 5.71. The van der Waals surface area contributed by atoms with Gasteiger partial charge in [0.05, 0.1) is 6.61 Å². The Morgan fingerprint density at radius 1 is 1.00 bits per heavy atom. The van der Waals surface area contributed by atoms with Crippen LogP contribution in [-0.2, 0) is 4.74 Å². The van der Waals surface area contributed by atoms with Crippen LogP contribution in [0, 0.1) is 5.41 Å². The van der Waals surface area contributed by atoms with E-state index >= 15 is 0 Å². The molecule has 1 aliphatic heterocycles. The molecule has 1 aliphatic rings. The van der Waals surface area contributed by atoms with Crippen molar-refractivity contribution in [3.63, 3.8) is 0 Å². The first-order chi connectivity index (χ1) is 8.58.